The van der Waals surface area contributed by atoms with E-state index >= 15 is 0 Å². The molecule has 5 rings (SSSR count). The van der Waals surface area contributed by atoms with Crippen molar-refractivity contribution in [3.63, 3.8) is 0 Å². The Hall–Kier alpha value is -5.13. The summed E-state index contributed by atoms with van der Waals surface area (Å²) in [6.07, 6.45) is 0.657. The number of carbonyl (C=O) groups is 4. The average molecular weight is 673 g/mol. The third-order valence-corrected chi connectivity index (χ3v) is 9.04. The Morgan fingerprint density at radius 2 is 1.84 bits per heavy atom. The predicted octanol–water partition coefficient (Wildman–Crippen LogP) is 4.65. The highest BCUT2D eigenvalue weighted by Gasteiger charge is 2.62. The highest BCUT2D eigenvalue weighted by atomic mass is 16.5. The van der Waals surface area contributed by atoms with Gasteiger partial charge < -0.3 is 34.5 Å². The minimum absolute atomic E-state index is 0.0320. The molecule has 12 heteroatoms. The summed E-state index contributed by atoms with van der Waals surface area (Å²) in [5.74, 6) is -0.735. The number of hydrogen-bond donors (Lipinski definition) is 2. The minimum Gasteiger partial charge on any atom is -0.497 e. The van der Waals surface area contributed by atoms with E-state index in [0.29, 0.717) is 29.1 Å². The van der Waals surface area contributed by atoms with E-state index in [0.717, 1.165) is 10.9 Å². The van der Waals surface area contributed by atoms with Crippen LogP contribution in [0.4, 0.5) is 4.79 Å². The van der Waals surface area contributed by atoms with Crippen LogP contribution in [0.25, 0.3) is 22.2 Å². The van der Waals surface area contributed by atoms with Crippen LogP contribution in [0.2, 0.25) is 0 Å². The Bertz CT molecular complexity index is 1740. The number of methoxy groups -OCH3 is 2. The number of ether oxygens (including phenoxy) is 4. The second-order valence-corrected chi connectivity index (χ2v) is 13.4. The van der Waals surface area contributed by atoms with Gasteiger partial charge in [0.25, 0.3) is 0 Å². The van der Waals surface area contributed by atoms with Crippen LogP contribution in [0.3, 0.4) is 0 Å². The average Bonchev–Trinajstić information content (AvgIpc) is 3.65. The quantitative estimate of drug-likeness (QED) is 0.220. The Morgan fingerprint density at radius 3 is 2.45 bits per heavy atom. The van der Waals surface area contributed by atoms with Gasteiger partial charge in [0.15, 0.2) is 0 Å². The van der Waals surface area contributed by atoms with Crippen molar-refractivity contribution in [1.29, 1.82) is 0 Å². The fourth-order valence-electron chi connectivity index (χ4n) is 6.27. The van der Waals surface area contributed by atoms with Crippen molar-refractivity contribution < 1.29 is 38.1 Å². The van der Waals surface area contributed by atoms with E-state index in [2.05, 4.69) is 17.2 Å². The SMILES string of the molecule is C=CC1C[C@]1(NC(=O)[C@@H]1C[C@@H](Oc2cc(-c3ccccc3)nc3cc(OC)ccc23)CN1C(=O)[C@@H](NC(=O)OC)C(C)(C)C)C(=O)OCC. The maximum absolute atomic E-state index is 14.3. The van der Waals surface area contributed by atoms with Crippen molar-refractivity contribution in [1.82, 2.24) is 20.5 Å². The van der Waals surface area contributed by atoms with Crippen LogP contribution in [0, 0.1) is 11.3 Å². The smallest absolute Gasteiger partial charge is 0.407 e. The monoisotopic (exact) mass is 672 g/mol. The zero-order chi connectivity index (χ0) is 35.5. The molecule has 0 spiro atoms. The molecule has 49 heavy (non-hydrogen) atoms. The van der Waals surface area contributed by atoms with Gasteiger partial charge in [0, 0.05) is 35.4 Å². The molecule has 2 aromatic carbocycles. The molecule has 1 saturated heterocycles. The molecule has 3 aromatic rings. The molecule has 260 valence electrons. The molecular formula is C37H44N4O8. The highest BCUT2D eigenvalue weighted by molar-refractivity contribution is 5.97. The molecule has 5 atom stereocenters. The molecule has 1 aliphatic heterocycles. The molecule has 1 aliphatic carbocycles. The topological polar surface area (TPSA) is 145 Å². The van der Waals surface area contributed by atoms with Gasteiger partial charge in [-0.05, 0) is 30.9 Å². The number of carbonyl (C=O) groups excluding carboxylic acids is 4. The zero-order valence-electron chi connectivity index (χ0n) is 28.8. The number of nitrogens with one attached hydrogen (secondary N) is 2. The summed E-state index contributed by atoms with van der Waals surface area (Å²) in [4.78, 5) is 60.1. The van der Waals surface area contributed by atoms with Crippen molar-refractivity contribution in [3.05, 3.63) is 67.3 Å². The van der Waals surface area contributed by atoms with Crippen molar-refractivity contribution in [3.8, 4) is 22.8 Å². The Balaban J connectivity index is 1.51. The number of likely N-dealkylation sites (tertiary alicyclic amines) is 1. The number of aromatic nitrogens is 1. The summed E-state index contributed by atoms with van der Waals surface area (Å²) in [6, 6.07) is 14.9. The molecule has 1 aromatic heterocycles. The van der Waals surface area contributed by atoms with Gasteiger partial charge in [-0.15, -0.1) is 6.58 Å². The Labute approximate surface area is 286 Å². The van der Waals surface area contributed by atoms with Crippen molar-refractivity contribution in [2.24, 2.45) is 11.3 Å². The summed E-state index contributed by atoms with van der Waals surface area (Å²) in [5, 5.41) is 6.27. The van der Waals surface area contributed by atoms with Crippen molar-refractivity contribution in [2.45, 2.75) is 64.3 Å². The van der Waals surface area contributed by atoms with Crippen LogP contribution < -0.4 is 20.1 Å². The summed E-state index contributed by atoms with van der Waals surface area (Å²) >= 11 is 0. The van der Waals surface area contributed by atoms with Gasteiger partial charge in [0.1, 0.15) is 35.2 Å². The maximum Gasteiger partial charge on any atom is 0.407 e. The fraction of sp³-hybridized carbons (Fsp3) is 0.432. The molecule has 2 heterocycles. The van der Waals surface area contributed by atoms with Crippen LogP contribution in [-0.2, 0) is 23.9 Å². The zero-order valence-corrected chi connectivity index (χ0v) is 28.8. The number of pyridine rings is 1. The first kappa shape index (κ1) is 35.2. The second kappa shape index (κ2) is 14.2. The number of esters is 1. The van der Waals surface area contributed by atoms with Gasteiger partial charge in [0.2, 0.25) is 11.8 Å². The molecule has 12 nitrogen and oxygen atoms in total. The van der Waals surface area contributed by atoms with E-state index in [4.69, 9.17) is 23.9 Å². The number of amides is 3. The van der Waals surface area contributed by atoms with Crippen LogP contribution in [0.15, 0.2) is 67.3 Å². The largest absolute Gasteiger partial charge is 0.497 e. The van der Waals surface area contributed by atoms with Crippen LogP contribution in [0.1, 0.15) is 40.5 Å². The molecular weight excluding hydrogens is 628 g/mol. The number of fused-ring (bicyclic) bond motifs is 1. The van der Waals surface area contributed by atoms with E-state index in [1.54, 1.807) is 20.1 Å². The minimum atomic E-state index is -1.26. The summed E-state index contributed by atoms with van der Waals surface area (Å²) < 4.78 is 22.2. The Morgan fingerprint density at radius 1 is 1.10 bits per heavy atom. The highest BCUT2D eigenvalue weighted by Crippen LogP contribution is 2.46. The standard InChI is InChI=1S/C37H44N4O8/c1-8-23-20-37(23,34(44)48-9-2)40-32(42)29-18-25(21-41(29)33(43)31(36(3,4)5)39-35(45)47-7)49-30-19-27(22-13-11-10-12-14-22)38-28-17-24(46-6)15-16-26(28)30/h8,10-17,19,23,25,29,31H,1,9,18,20-21H2,2-7H3,(H,39,45)(H,40,42)/t23?,25-,29+,31-,37-/m1/s1. The summed E-state index contributed by atoms with van der Waals surface area (Å²) in [6.45, 7) is 11.1. The first-order chi connectivity index (χ1) is 23.3. The van der Waals surface area contributed by atoms with Gasteiger partial charge in [-0.3, -0.25) is 9.59 Å². The van der Waals surface area contributed by atoms with Gasteiger partial charge in [-0.2, -0.15) is 0 Å². The van der Waals surface area contributed by atoms with Crippen LogP contribution in [-0.4, -0.2) is 84.9 Å². The van der Waals surface area contributed by atoms with E-state index in [1.807, 2.05) is 75.4 Å². The predicted molar refractivity (Wildman–Crippen MR) is 183 cm³/mol. The molecule has 0 bridgehead atoms. The summed E-state index contributed by atoms with van der Waals surface area (Å²) in [7, 11) is 2.80. The fourth-order valence-corrected chi connectivity index (χ4v) is 6.27. The van der Waals surface area contributed by atoms with Crippen LogP contribution in [0.5, 0.6) is 11.5 Å². The van der Waals surface area contributed by atoms with E-state index in [-0.39, 0.29) is 25.5 Å². The molecule has 3 amide bonds. The van der Waals surface area contributed by atoms with Gasteiger partial charge in [-0.1, -0.05) is 57.2 Å². The molecule has 1 unspecified atom stereocenters. The molecule has 2 N–H and O–H groups in total. The first-order valence-corrected chi connectivity index (χ1v) is 16.3. The lowest BCUT2D eigenvalue weighted by atomic mass is 9.85. The molecule has 2 aliphatic rings. The lowest BCUT2D eigenvalue weighted by molar-refractivity contribution is -0.150. The molecule has 1 saturated carbocycles. The molecule has 2 fully saturated rings. The van der Waals surface area contributed by atoms with E-state index < -0.39 is 53.0 Å². The van der Waals surface area contributed by atoms with Crippen molar-refractivity contribution >= 4 is 34.8 Å². The lowest BCUT2D eigenvalue weighted by Gasteiger charge is -2.35. The number of nitrogens with zero attached hydrogens (tertiary/aromatic N) is 2. The first-order valence-electron chi connectivity index (χ1n) is 16.3. The number of alkyl carbamates (subject to hydrolysis) is 1. The van der Waals surface area contributed by atoms with E-state index in [1.165, 1.54) is 12.0 Å². The Kier molecular flexibility index (Phi) is 10.2. The number of rotatable bonds is 11. The maximum atomic E-state index is 14.3. The number of hydrogen-bond acceptors (Lipinski definition) is 9. The lowest BCUT2D eigenvalue weighted by Crippen LogP contribution is -2.59. The van der Waals surface area contributed by atoms with Gasteiger partial charge in [0.05, 0.1) is 38.6 Å². The van der Waals surface area contributed by atoms with Crippen molar-refractivity contribution in [2.75, 3.05) is 27.4 Å². The van der Waals surface area contributed by atoms with E-state index in [9.17, 15) is 19.2 Å². The van der Waals surface area contributed by atoms with Crippen LogP contribution >= 0.6 is 0 Å². The van der Waals surface area contributed by atoms with Gasteiger partial charge >= 0.3 is 12.1 Å². The normalized spacial score (nSPS) is 22.1. The third-order valence-electron chi connectivity index (χ3n) is 9.04. The second-order valence-electron chi connectivity index (χ2n) is 13.4. The number of benzene rings is 2. The summed E-state index contributed by atoms with van der Waals surface area (Å²) in [5.41, 5.74) is 0.192. The third kappa shape index (κ3) is 7.33. The molecule has 0 radical (unpaired) electrons. The van der Waals surface area contributed by atoms with Gasteiger partial charge in [-0.25, -0.2) is 14.6 Å².